The van der Waals surface area contributed by atoms with Crippen molar-refractivity contribution < 1.29 is 71.5 Å². The average molecular weight is 199 g/mol. The molecule has 5 nitrogen and oxygen atoms in total. The first kappa shape index (κ1) is 15.1. The molecular weight excluding hydrogens is 189 g/mol. The van der Waals surface area contributed by atoms with Crippen LogP contribution in [-0.2, 0) is 4.79 Å². The van der Waals surface area contributed by atoms with Gasteiger partial charge in [-0.15, -0.1) is 0 Å². The summed E-state index contributed by atoms with van der Waals surface area (Å²) in [4.78, 5) is 10.0. The molecule has 0 aliphatic rings. The zero-order chi connectivity index (χ0) is 9.07. The molecule has 64 valence electrons. The molecule has 0 unspecified atom stereocenters. The number of hydrogen-bond acceptors (Lipinski definition) is 5. The van der Waals surface area contributed by atoms with Crippen LogP contribution >= 0.6 is 0 Å². The van der Waals surface area contributed by atoms with Crippen molar-refractivity contribution in [3.05, 3.63) is 11.8 Å². The molecule has 0 atom stereocenters. The molecule has 3 N–H and O–H groups in total. The summed E-state index contributed by atoms with van der Waals surface area (Å²) in [5, 5.41) is 29.3. The molecule has 6 heteroatoms. The fourth-order valence-electron chi connectivity index (χ4n) is 0.304. The molecule has 0 aromatic heterocycles. The zero-order valence-electron chi connectivity index (χ0n) is 7.29. The molecule has 0 aromatic rings. The summed E-state index contributed by atoms with van der Waals surface area (Å²) >= 11 is 0. The number of carbonyl (C=O) groups is 1. The topological polar surface area (TPSA) is 92.6 Å². The molecule has 0 spiro atoms. The smallest absolute Gasteiger partial charge is 0.545 e. The van der Waals surface area contributed by atoms with Gasteiger partial charge in [0.2, 0.25) is 5.91 Å². The van der Waals surface area contributed by atoms with E-state index in [1.807, 2.05) is 5.32 Å². The van der Waals surface area contributed by atoms with Gasteiger partial charge in [0.1, 0.15) is 0 Å². The van der Waals surface area contributed by atoms with Crippen molar-refractivity contribution >= 4 is 5.97 Å². The standard InChI is InChI=1S/C6H11NO4.K/c1-4(5(8)9)3-7-6(2,10)11;/h3,7,10-11H,1-2H3,(H,8,9);/q;+1/p-1. The summed E-state index contributed by atoms with van der Waals surface area (Å²) < 4.78 is 0. The van der Waals surface area contributed by atoms with Gasteiger partial charge in [0.25, 0.3) is 0 Å². The van der Waals surface area contributed by atoms with E-state index in [2.05, 4.69) is 0 Å². The van der Waals surface area contributed by atoms with Gasteiger partial charge < -0.3 is 25.4 Å². The molecule has 0 aromatic carbocycles. The van der Waals surface area contributed by atoms with Crippen molar-refractivity contribution in [1.29, 1.82) is 0 Å². The van der Waals surface area contributed by atoms with E-state index in [4.69, 9.17) is 10.2 Å². The SMILES string of the molecule is CC(=CNC(C)(O)O)C(=O)[O-].[K+]. The number of carboxylic acids is 1. The van der Waals surface area contributed by atoms with E-state index < -0.39 is 11.9 Å². The van der Waals surface area contributed by atoms with Crippen molar-refractivity contribution in [2.24, 2.45) is 0 Å². The monoisotopic (exact) mass is 199 g/mol. The summed E-state index contributed by atoms with van der Waals surface area (Å²) in [5.41, 5.74) is -0.112. The molecule has 0 amide bonds. The average Bonchev–Trinajstić information content (AvgIpc) is 1.80. The zero-order valence-corrected chi connectivity index (χ0v) is 10.4. The van der Waals surface area contributed by atoms with E-state index in [0.717, 1.165) is 13.1 Å². The quantitative estimate of drug-likeness (QED) is 0.240. The number of nitrogens with one attached hydrogen (secondary N) is 1. The van der Waals surface area contributed by atoms with Gasteiger partial charge >= 0.3 is 51.4 Å². The van der Waals surface area contributed by atoms with Crippen LogP contribution in [0, 0.1) is 0 Å². The van der Waals surface area contributed by atoms with Crippen molar-refractivity contribution in [2.45, 2.75) is 19.8 Å². The molecular formula is C6H10KNO4. The van der Waals surface area contributed by atoms with E-state index >= 15 is 0 Å². The predicted molar refractivity (Wildman–Crippen MR) is 34.7 cm³/mol. The summed E-state index contributed by atoms with van der Waals surface area (Å²) in [6.07, 6.45) is 0.954. The molecule has 0 rings (SSSR count). The maximum Gasteiger partial charge on any atom is 1.00 e. The molecule has 0 heterocycles. The van der Waals surface area contributed by atoms with Crippen LogP contribution in [0.25, 0.3) is 0 Å². The Morgan fingerprint density at radius 3 is 2.25 bits per heavy atom. The minimum atomic E-state index is -2.10. The van der Waals surface area contributed by atoms with E-state index in [-0.39, 0.29) is 57.0 Å². The third kappa shape index (κ3) is 8.66. The second-order valence-electron chi connectivity index (χ2n) is 2.28. The fraction of sp³-hybridized carbons (Fsp3) is 0.500. The van der Waals surface area contributed by atoms with Crippen molar-refractivity contribution in [3.63, 3.8) is 0 Å². The Morgan fingerprint density at radius 1 is 1.58 bits per heavy atom. The largest absolute Gasteiger partial charge is 1.00 e. The first-order valence-corrected chi connectivity index (χ1v) is 2.93. The Balaban J connectivity index is 0. The van der Waals surface area contributed by atoms with Gasteiger partial charge in [-0.1, -0.05) is 0 Å². The number of rotatable bonds is 3. The van der Waals surface area contributed by atoms with Crippen LogP contribution in [0.3, 0.4) is 0 Å². The fourth-order valence-corrected chi connectivity index (χ4v) is 0.304. The summed E-state index contributed by atoms with van der Waals surface area (Å²) in [6, 6.07) is 0. The Morgan fingerprint density at radius 2 is 2.00 bits per heavy atom. The van der Waals surface area contributed by atoms with Gasteiger partial charge in [-0.05, 0) is 12.5 Å². The summed E-state index contributed by atoms with van der Waals surface area (Å²) in [6.45, 7) is 2.33. The summed E-state index contributed by atoms with van der Waals surface area (Å²) in [5.74, 6) is -3.46. The van der Waals surface area contributed by atoms with Gasteiger partial charge in [0.15, 0.2) is 0 Å². The number of carbonyl (C=O) groups excluding carboxylic acids is 1. The van der Waals surface area contributed by atoms with Crippen molar-refractivity contribution in [1.82, 2.24) is 5.32 Å². The van der Waals surface area contributed by atoms with Crippen LogP contribution in [0.2, 0.25) is 0 Å². The molecule has 0 saturated carbocycles. The molecule has 0 radical (unpaired) electrons. The van der Waals surface area contributed by atoms with E-state index in [9.17, 15) is 9.90 Å². The molecule has 0 fully saturated rings. The molecule has 0 aliphatic heterocycles. The van der Waals surface area contributed by atoms with Crippen LogP contribution < -0.4 is 61.8 Å². The van der Waals surface area contributed by atoms with E-state index in [1.54, 1.807) is 0 Å². The molecule has 0 aliphatic carbocycles. The predicted octanol–water partition coefficient (Wildman–Crippen LogP) is -5.11. The second kappa shape index (κ2) is 6.09. The Bertz CT molecular complexity index is 184. The van der Waals surface area contributed by atoms with Gasteiger partial charge in [-0.2, -0.15) is 0 Å². The first-order chi connectivity index (χ1) is 4.83. The van der Waals surface area contributed by atoms with Crippen LogP contribution in [0.1, 0.15) is 13.8 Å². The number of aliphatic carboxylic acids is 1. The number of hydrogen-bond donors (Lipinski definition) is 3. The summed E-state index contributed by atoms with van der Waals surface area (Å²) in [7, 11) is 0. The number of carboxylic acid groups (broad SMARTS) is 1. The minimum absolute atomic E-state index is 0. The van der Waals surface area contributed by atoms with Gasteiger partial charge in [0.05, 0.1) is 5.97 Å². The maximum absolute atomic E-state index is 10.0. The van der Waals surface area contributed by atoms with Gasteiger partial charge in [-0.3, -0.25) is 0 Å². The Labute approximate surface area is 113 Å². The minimum Gasteiger partial charge on any atom is -0.545 e. The molecule has 0 saturated heterocycles. The maximum atomic E-state index is 10.0. The first-order valence-electron chi connectivity index (χ1n) is 2.93. The normalized spacial score (nSPS) is 11.8. The van der Waals surface area contributed by atoms with Crippen LogP contribution in [-0.4, -0.2) is 22.1 Å². The van der Waals surface area contributed by atoms with Gasteiger partial charge in [-0.25, -0.2) is 0 Å². The number of aliphatic hydroxyl groups is 2. The van der Waals surface area contributed by atoms with E-state index in [1.165, 1.54) is 6.92 Å². The Hall–Kier alpha value is 0.566. The van der Waals surface area contributed by atoms with Crippen LogP contribution in [0.4, 0.5) is 0 Å². The van der Waals surface area contributed by atoms with Crippen LogP contribution in [0.5, 0.6) is 0 Å². The second-order valence-corrected chi connectivity index (χ2v) is 2.28. The third-order valence-electron chi connectivity index (χ3n) is 0.884. The van der Waals surface area contributed by atoms with Gasteiger partial charge in [0, 0.05) is 13.1 Å². The van der Waals surface area contributed by atoms with Crippen molar-refractivity contribution in [3.8, 4) is 0 Å². The van der Waals surface area contributed by atoms with Crippen LogP contribution in [0.15, 0.2) is 11.8 Å². The molecule has 0 bridgehead atoms. The van der Waals surface area contributed by atoms with E-state index in [0.29, 0.717) is 0 Å². The Kier molecular flexibility index (Phi) is 7.64. The van der Waals surface area contributed by atoms with Crippen molar-refractivity contribution in [2.75, 3.05) is 0 Å². The third-order valence-corrected chi connectivity index (χ3v) is 0.884. The molecule has 12 heavy (non-hydrogen) atoms.